The Morgan fingerprint density at radius 2 is 1.69 bits per heavy atom. The molecular weight excluding hydrogens is 438 g/mol. The number of benzene rings is 2. The molecule has 1 aliphatic rings. The van der Waals surface area contributed by atoms with E-state index >= 15 is 0 Å². The molecule has 1 aliphatic carbocycles. The minimum atomic E-state index is -0.0506. The minimum Gasteiger partial charge on any atom is -0.471 e. The van der Waals surface area contributed by atoms with E-state index in [0.717, 1.165) is 33.3 Å². The molecule has 3 aromatic heterocycles. The van der Waals surface area contributed by atoms with Crippen LogP contribution in [0.4, 0.5) is 0 Å². The summed E-state index contributed by atoms with van der Waals surface area (Å²) in [6, 6.07) is 18.2. The summed E-state index contributed by atoms with van der Waals surface area (Å²) in [5.41, 5.74) is 7.28. The molecule has 1 saturated carbocycles. The van der Waals surface area contributed by atoms with Crippen molar-refractivity contribution in [2.45, 2.75) is 25.4 Å². The van der Waals surface area contributed by atoms with Crippen LogP contribution < -0.4 is 10.3 Å². The van der Waals surface area contributed by atoms with Crippen molar-refractivity contribution < 1.29 is 4.74 Å². The van der Waals surface area contributed by atoms with Crippen LogP contribution in [0.1, 0.15) is 30.1 Å². The standard InChI is InChI=1S/C28H27N5O2/c1-31-15-21(13-14-25(31)34)23-16-32(2)30-28(23)35-17-18-7-9-19(10-8-18)22-5-4-6-24-26(22)29-27(33(24)3)20-11-12-20/h4-10,13-16,20H,11-12,17H2,1-3H3. The second-order valence-corrected chi connectivity index (χ2v) is 9.35. The second kappa shape index (κ2) is 8.27. The van der Waals surface area contributed by atoms with Crippen molar-refractivity contribution >= 4 is 11.0 Å². The van der Waals surface area contributed by atoms with Gasteiger partial charge in [-0.1, -0.05) is 36.4 Å². The summed E-state index contributed by atoms with van der Waals surface area (Å²) in [5.74, 6) is 2.35. The molecule has 0 saturated heterocycles. The Balaban J connectivity index is 1.24. The fourth-order valence-corrected chi connectivity index (χ4v) is 4.63. The molecule has 0 spiro atoms. The van der Waals surface area contributed by atoms with Crippen LogP contribution in [0.15, 0.2) is 71.8 Å². The lowest BCUT2D eigenvalue weighted by Gasteiger charge is -2.08. The highest BCUT2D eigenvalue weighted by Gasteiger charge is 2.29. The Morgan fingerprint density at radius 3 is 2.43 bits per heavy atom. The van der Waals surface area contributed by atoms with Gasteiger partial charge in [0.05, 0.1) is 16.6 Å². The monoisotopic (exact) mass is 465 g/mol. The van der Waals surface area contributed by atoms with Crippen LogP contribution in [0, 0.1) is 0 Å². The zero-order valence-corrected chi connectivity index (χ0v) is 20.1. The van der Waals surface area contributed by atoms with E-state index in [-0.39, 0.29) is 5.56 Å². The first-order valence-corrected chi connectivity index (χ1v) is 11.9. The largest absolute Gasteiger partial charge is 0.471 e. The van der Waals surface area contributed by atoms with Gasteiger partial charge in [-0.3, -0.25) is 9.48 Å². The third-order valence-electron chi connectivity index (χ3n) is 6.72. The van der Waals surface area contributed by atoms with Gasteiger partial charge in [0.1, 0.15) is 12.4 Å². The molecule has 0 radical (unpaired) electrons. The van der Waals surface area contributed by atoms with Crippen molar-refractivity contribution in [3.8, 4) is 28.1 Å². The average Bonchev–Trinajstić information content (AvgIpc) is 3.56. The van der Waals surface area contributed by atoms with E-state index in [4.69, 9.17) is 9.72 Å². The van der Waals surface area contributed by atoms with E-state index in [9.17, 15) is 4.79 Å². The van der Waals surface area contributed by atoms with Crippen LogP contribution in [-0.2, 0) is 27.7 Å². The molecule has 0 amide bonds. The highest BCUT2D eigenvalue weighted by molar-refractivity contribution is 5.92. The molecule has 0 bridgehead atoms. The van der Waals surface area contributed by atoms with E-state index < -0.39 is 0 Å². The van der Waals surface area contributed by atoms with Crippen LogP contribution in [0.3, 0.4) is 0 Å². The molecule has 1 fully saturated rings. The summed E-state index contributed by atoms with van der Waals surface area (Å²) in [7, 11) is 5.72. The van der Waals surface area contributed by atoms with Crippen LogP contribution in [0.5, 0.6) is 5.88 Å². The number of hydrogen-bond acceptors (Lipinski definition) is 4. The third-order valence-corrected chi connectivity index (χ3v) is 6.72. The fraction of sp³-hybridized carbons (Fsp3) is 0.250. The Hall–Kier alpha value is -4.13. The van der Waals surface area contributed by atoms with Crippen LogP contribution in [0.2, 0.25) is 0 Å². The maximum atomic E-state index is 11.8. The number of fused-ring (bicyclic) bond motifs is 1. The van der Waals surface area contributed by atoms with E-state index in [1.807, 2.05) is 13.2 Å². The quantitative estimate of drug-likeness (QED) is 0.361. The van der Waals surface area contributed by atoms with Crippen molar-refractivity contribution in [2.24, 2.45) is 21.1 Å². The molecule has 176 valence electrons. The Kier molecular flexibility index (Phi) is 5.06. The van der Waals surface area contributed by atoms with E-state index in [1.165, 1.54) is 24.2 Å². The van der Waals surface area contributed by atoms with Gasteiger partial charge in [-0.25, -0.2) is 4.98 Å². The SMILES string of the molecule is Cn1cc(-c2ccc(=O)n(C)c2)c(OCc2ccc(-c3cccc4c3nc(C3CC3)n4C)cc2)n1. The van der Waals surface area contributed by atoms with Crippen LogP contribution in [0.25, 0.3) is 33.3 Å². The van der Waals surface area contributed by atoms with Crippen molar-refractivity contribution in [3.63, 3.8) is 0 Å². The van der Waals surface area contributed by atoms with Gasteiger partial charge >= 0.3 is 0 Å². The molecule has 7 heteroatoms. The van der Waals surface area contributed by atoms with Crippen molar-refractivity contribution in [1.29, 1.82) is 0 Å². The Morgan fingerprint density at radius 1 is 0.914 bits per heavy atom. The molecule has 0 aliphatic heterocycles. The van der Waals surface area contributed by atoms with E-state index in [2.05, 4.69) is 59.2 Å². The lowest BCUT2D eigenvalue weighted by molar-refractivity contribution is 0.292. The first-order valence-electron chi connectivity index (χ1n) is 11.9. The van der Waals surface area contributed by atoms with Gasteiger partial charge in [0, 0.05) is 56.6 Å². The number of ether oxygens (including phenoxy) is 1. The number of imidazole rings is 1. The second-order valence-electron chi connectivity index (χ2n) is 9.35. The third kappa shape index (κ3) is 3.93. The van der Waals surface area contributed by atoms with Crippen molar-refractivity contribution in [2.75, 3.05) is 0 Å². The fourth-order valence-electron chi connectivity index (χ4n) is 4.63. The number of para-hydroxylation sites is 1. The number of hydrogen-bond donors (Lipinski definition) is 0. The summed E-state index contributed by atoms with van der Waals surface area (Å²) < 4.78 is 11.6. The van der Waals surface area contributed by atoms with Crippen molar-refractivity contribution in [3.05, 3.63) is 88.7 Å². The Bertz CT molecular complexity index is 1600. The Labute approximate surface area is 203 Å². The highest BCUT2D eigenvalue weighted by atomic mass is 16.5. The van der Waals surface area contributed by atoms with Gasteiger partial charge in [-0.15, -0.1) is 5.10 Å². The summed E-state index contributed by atoms with van der Waals surface area (Å²) in [5, 5.41) is 4.48. The van der Waals surface area contributed by atoms with Crippen LogP contribution >= 0.6 is 0 Å². The van der Waals surface area contributed by atoms with Gasteiger partial charge in [0.15, 0.2) is 0 Å². The number of pyridine rings is 1. The van der Waals surface area contributed by atoms with Gasteiger partial charge < -0.3 is 13.9 Å². The molecule has 5 aromatic rings. The summed E-state index contributed by atoms with van der Waals surface area (Å²) in [4.78, 5) is 16.8. The molecule has 3 heterocycles. The van der Waals surface area contributed by atoms with E-state index in [1.54, 1.807) is 34.6 Å². The first kappa shape index (κ1) is 21.4. The minimum absolute atomic E-state index is 0.0506. The molecule has 35 heavy (non-hydrogen) atoms. The zero-order valence-electron chi connectivity index (χ0n) is 20.1. The lowest BCUT2D eigenvalue weighted by Crippen LogP contribution is -2.13. The molecule has 7 nitrogen and oxygen atoms in total. The number of nitrogens with zero attached hydrogens (tertiary/aromatic N) is 5. The first-order chi connectivity index (χ1) is 17.0. The summed E-state index contributed by atoms with van der Waals surface area (Å²) >= 11 is 0. The topological polar surface area (TPSA) is 66.9 Å². The lowest BCUT2D eigenvalue weighted by atomic mass is 10.0. The maximum absolute atomic E-state index is 11.8. The average molecular weight is 466 g/mol. The number of rotatable bonds is 6. The summed E-state index contributed by atoms with van der Waals surface area (Å²) in [6.45, 7) is 0.398. The molecule has 0 N–H and O–H groups in total. The van der Waals surface area contributed by atoms with Gasteiger partial charge in [-0.2, -0.15) is 0 Å². The number of aryl methyl sites for hydroxylation is 3. The van der Waals surface area contributed by atoms with Crippen molar-refractivity contribution in [1.82, 2.24) is 23.9 Å². The smallest absolute Gasteiger partial charge is 0.250 e. The maximum Gasteiger partial charge on any atom is 0.250 e. The molecule has 2 aromatic carbocycles. The number of aromatic nitrogens is 5. The normalized spacial score (nSPS) is 13.5. The molecule has 0 atom stereocenters. The molecular formula is C28H27N5O2. The zero-order chi connectivity index (χ0) is 24.1. The molecule has 6 rings (SSSR count). The highest BCUT2D eigenvalue weighted by Crippen LogP contribution is 2.41. The molecule has 0 unspecified atom stereocenters. The van der Waals surface area contributed by atoms with Crippen LogP contribution in [-0.4, -0.2) is 23.9 Å². The summed E-state index contributed by atoms with van der Waals surface area (Å²) in [6.07, 6.45) is 6.18. The van der Waals surface area contributed by atoms with Gasteiger partial charge in [0.25, 0.3) is 0 Å². The van der Waals surface area contributed by atoms with E-state index in [0.29, 0.717) is 18.4 Å². The van der Waals surface area contributed by atoms with Gasteiger partial charge in [-0.05, 0) is 36.1 Å². The predicted octanol–water partition coefficient (Wildman–Crippen LogP) is 4.80. The van der Waals surface area contributed by atoms with Gasteiger partial charge in [0.2, 0.25) is 11.4 Å². The predicted molar refractivity (Wildman–Crippen MR) is 136 cm³/mol.